The number of hydrogen-bond acceptors (Lipinski definition) is 2. The summed E-state index contributed by atoms with van der Waals surface area (Å²) < 4.78 is 6.76. The van der Waals surface area contributed by atoms with Gasteiger partial charge in [-0.1, -0.05) is 18.2 Å². The number of hydrogen-bond donors (Lipinski definition) is 1. The fourth-order valence-electron chi connectivity index (χ4n) is 2.27. The molecule has 0 saturated carbocycles. The summed E-state index contributed by atoms with van der Waals surface area (Å²) in [6.45, 7) is 4.71. The summed E-state index contributed by atoms with van der Waals surface area (Å²) in [5.41, 5.74) is 1.94. The molecule has 0 aromatic heterocycles. The van der Waals surface area contributed by atoms with Gasteiger partial charge in [0.15, 0.2) is 0 Å². The Balaban J connectivity index is 1.78. The molecule has 0 atom stereocenters. The van der Waals surface area contributed by atoms with Gasteiger partial charge in [-0.3, -0.25) is 4.79 Å². The molecule has 0 aliphatic heterocycles. The maximum absolute atomic E-state index is 12.0. The molecule has 0 spiro atoms. The van der Waals surface area contributed by atoms with Crippen LogP contribution >= 0.6 is 22.6 Å². The molecule has 0 bridgehead atoms. The van der Waals surface area contributed by atoms with Gasteiger partial charge in [-0.25, -0.2) is 0 Å². The number of aryl methyl sites for hydroxylation is 1. The zero-order valence-electron chi connectivity index (χ0n) is 13.5. The summed E-state index contributed by atoms with van der Waals surface area (Å²) >= 11 is 2.21. The van der Waals surface area contributed by atoms with Crippen molar-refractivity contribution in [1.82, 2.24) is 5.32 Å². The van der Waals surface area contributed by atoms with Gasteiger partial charge in [-0.2, -0.15) is 0 Å². The molecule has 0 aliphatic carbocycles. The summed E-state index contributed by atoms with van der Waals surface area (Å²) in [6, 6.07) is 15.8. The molecule has 23 heavy (non-hydrogen) atoms. The second-order valence-corrected chi connectivity index (χ2v) is 6.93. The van der Waals surface area contributed by atoms with Crippen LogP contribution in [0.1, 0.15) is 36.2 Å². The first-order valence-corrected chi connectivity index (χ1v) is 8.92. The Morgan fingerprint density at radius 2 is 1.96 bits per heavy atom. The van der Waals surface area contributed by atoms with Crippen LogP contribution in [0.15, 0.2) is 48.5 Å². The zero-order valence-corrected chi connectivity index (χ0v) is 15.7. The fraction of sp³-hybridized carbons (Fsp3) is 0.316. The van der Waals surface area contributed by atoms with Gasteiger partial charge in [-0.05, 0) is 85.2 Å². The van der Waals surface area contributed by atoms with Crippen LogP contribution in [0.2, 0.25) is 0 Å². The molecule has 2 aromatic carbocycles. The monoisotopic (exact) mass is 423 g/mol. The number of amides is 1. The smallest absolute Gasteiger partial charge is 0.251 e. The number of halogens is 1. The highest BCUT2D eigenvalue weighted by Crippen LogP contribution is 2.16. The number of nitrogens with one attached hydrogen (secondary N) is 1. The first-order valence-electron chi connectivity index (χ1n) is 7.84. The molecule has 0 unspecified atom stereocenters. The average Bonchev–Trinajstić information content (AvgIpc) is 2.51. The van der Waals surface area contributed by atoms with E-state index in [-0.39, 0.29) is 12.0 Å². The van der Waals surface area contributed by atoms with Gasteiger partial charge >= 0.3 is 0 Å². The summed E-state index contributed by atoms with van der Waals surface area (Å²) in [5.74, 6) is 0.890. The third-order valence-electron chi connectivity index (χ3n) is 3.28. The minimum Gasteiger partial charge on any atom is -0.491 e. The summed E-state index contributed by atoms with van der Waals surface area (Å²) in [4.78, 5) is 12.0. The highest BCUT2D eigenvalue weighted by atomic mass is 127. The molecule has 0 aliphatic rings. The van der Waals surface area contributed by atoms with Crippen molar-refractivity contribution in [3.8, 4) is 5.75 Å². The molecule has 0 saturated heterocycles. The fourth-order valence-corrected chi connectivity index (χ4v) is 2.82. The highest BCUT2D eigenvalue weighted by Gasteiger charge is 2.05. The number of rotatable bonds is 7. The van der Waals surface area contributed by atoms with Crippen molar-refractivity contribution in [3.05, 3.63) is 63.2 Å². The van der Waals surface area contributed by atoms with Crippen molar-refractivity contribution in [2.75, 3.05) is 6.54 Å². The van der Waals surface area contributed by atoms with Crippen molar-refractivity contribution in [2.45, 2.75) is 32.8 Å². The standard InChI is InChI=1S/C19H22INO2/c1-14(2)23-18-10-3-6-15(12-18)7-5-11-21-19(22)16-8-4-9-17(20)13-16/h3-4,6,8-10,12-14H,5,7,11H2,1-2H3,(H,21,22). The molecule has 2 aromatic rings. The minimum atomic E-state index is -0.0135. The van der Waals surface area contributed by atoms with Crippen LogP contribution < -0.4 is 10.1 Å². The van der Waals surface area contributed by atoms with Crippen molar-refractivity contribution in [1.29, 1.82) is 0 Å². The molecule has 1 amide bonds. The lowest BCUT2D eigenvalue weighted by Crippen LogP contribution is -2.24. The summed E-state index contributed by atoms with van der Waals surface area (Å²) in [7, 11) is 0. The SMILES string of the molecule is CC(C)Oc1cccc(CCCNC(=O)c2cccc(I)c2)c1. The van der Waals surface area contributed by atoms with Crippen LogP contribution in [0, 0.1) is 3.57 Å². The van der Waals surface area contributed by atoms with E-state index in [2.05, 4.69) is 40.0 Å². The van der Waals surface area contributed by atoms with Gasteiger partial charge in [0.2, 0.25) is 0 Å². The number of carbonyl (C=O) groups excluding carboxylic acids is 1. The third-order valence-corrected chi connectivity index (χ3v) is 3.96. The zero-order chi connectivity index (χ0) is 16.7. The van der Waals surface area contributed by atoms with E-state index in [1.807, 2.05) is 50.2 Å². The van der Waals surface area contributed by atoms with Crippen LogP contribution in [0.5, 0.6) is 5.75 Å². The molecule has 0 fully saturated rings. The van der Waals surface area contributed by atoms with E-state index >= 15 is 0 Å². The van der Waals surface area contributed by atoms with Gasteiger partial charge in [0.1, 0.15) is 5.75 Å². The highest BCUT2D eigenvalue weighted by molar-refractivity contribution is 14.1. The topological polar surface area (TPSA) is 38.3 Å². The molecular formula is C19H22INO2. The Kier molecular flexibility index (Phi) is 6.89. The third kappa shape index (κ3) is 6.22. The van der Waals surface area contributed by atoms with E-state index in [0.29, 0.717) is 12.1 Å². The number of benzene rings is 2. The van der Waals surface area contributed by atoms with Gasteiger partial charge in [0.25, 0.3) is 5.91 Å². The van der Waals surface area contributed by atoms with E-state index in [4.69, 9.17) is 4.74 Å². The molecule has 0 heterocycles. The normalized spacial score (nSPS) is 10.6. The molecule has 122 valence electrons. The van der Waals surface area contributed by atoms with E-state index < -0.39 is 0 Å². The van der Waals surface area contributed by atoms with Crippen molar-refractivity contribution in [2.24, 2.45) is 0 Å². The van der Waals surface area contributed by atoms with Crippen molar-refractivity contribution < 1.29 is 9.53 Å². The Labute approximate surface area is 151 Å². The van der Waals surface area contributed by atoms with E-state index in [1.165, 1.54) is 5.56 Å². The van der Waals surface area contributed by atoms with Crippen LogP contribution in [0.25, 0.3) is 0 Å². The van der Waals surface area contributed by atoms with Crippen LogP contribution in [0.4, 0.5) is 0 Å². The van der Waals surface area contributed by atoms with E-state index in [1.54, 1.807) is 0 Å². The van der Waals surface area contributed by atoms with E-state index in [0.717, 1.165) is 22.2 Å². The number of carbonyl (C=O) groups is 1. The maximum Gasteiger partial charge on any atom is 0.251 e. The lowest BCUT2D eigenvalue weighted by atomic mass is 10.1. The Hall–Kier alpha value is -1.56. The quantitative estimate of drug-likeness (QED) is 0.528. The Morgan fingerprint density at radius 3 is 2.70 bits per heavy atom. The number of ether oxygens (including phenoxy) is 1. The minimum absolute atomic E-state index is 0.0135. The first-order chi connectivity index (χ1) is 11.0. The van der Waals surface area contributed by atoms with Crippen LogP contribution in [-0.4, -0.2) is 18.6 Å². The Morgan fingerprint density at radius 1 is 1.17 bits per heavy atom. The molecule has 1 N–H and O–H groups in total. The lowest BCUT2D eigenvalue weighted by molar-refractivity contribution is 0.0953. The molecule has 2 rings (SSSR count). The second kappa shape index (κ2) is 8.91. The molecular weight excluding hydrogens is 401 g/mol. The van der Waals surface area contributed by atoms with Gasteiger partial charge in [0.05, 0.1) is 6.10 Å². The first kappa shape index (κ1) is 17.8. The molecule has 0 radical (unpaired) electrons. The van der Waals surface area contributed by atoms with Gasteiger partial charge in [-0.15, -0.1) is 0 Å². The van der Waals surface area contributed by atoms with Crippen LogP contribution in [-0.2, 0) is 6.42 Å². The average molecular weight is 423 g/mol. The van der Waals surface area contributed by atoms with Gasteiger partial charge in [0, 0.05) is 15.7 Å². The Bertz CT molecular complexity index is 655. The summed E-state index contributed by atoms with van der Waals surface area (Å²) in [6.07, 6.45) is 2.00. The van der Waals surface area contributed by atoms with Crippen LogP contribution in [0.3, 0.4) is 0 Å². The van der Waals surface area contributed by atoms with E-state index in [9.17, 15) is 4.79 Å². The van der Waals surface area contributed by atoms with Crippen molar-refractivity contribution in [3.63, 3.8) is 0 Å². The van der Waals surface area contributed by atoms with Crippen molar-refractivity contribution >= 4 is 28.5 Å². The van der Waals surface area contributed by atoms with Gasteiger partial charge < -0.3 is 10.1 Å². The molecule has 3 nitrogen and oxygen atoms in total. The summed E-state index contributed by atoms with van der Waals surface area (Å²) in [5, 5.41) is 2.97. The maximum atomic E-state index is 12.0. The second-order valence-electron chi connectivity index (χ2n) is 5.68. The largest absolute Gasteiger partial charge is 0.491 e. The lowest BCUT2D eigenvalue weighted by Gasteiger charge is -2.11. The predicted octanol–water partition coefficient (Wildman–Crippen LogP) is 4.44. The predicted molar refractivity (Wildman–Crippen MR) is 102 cm³/mol. The molecule has 4 heteroatoms.